The number of carboxylic acid groups (broad SMARTS) is 1. The van der Waals surface area contributed by atoms with Crippen LogP contribution >= 0.6 is 12.6 Å². The zero-order valence-electron chi connectivity index (χ0n) is 12.7. The largest absolute Gasteiger partial charge is 0.480 e. The number of hydrogen-bond acceptors (Lipinski definition) is 5. The molecule has 3 atom stereocenters. The van der Waals surface area contributed by atoms with Crippen molar-refractivity contribution in [3.05, 3.63) is 35.9 Å². The predicted molar refractivity (Wildman–Crippen MR) is 89.1 cm³/mol. The Bertz CT molecular complexity index is 551. The minimum atomic E-state index is -1.15. The van der Waals surface area contributed by atoms with E-state index in [0.717, 1.165) is 5.56 Å². The van der Waals surface area contributed by atoms with Crippen LogP contribution in [-0.4, -0.2) is 46.8 Å². The Labute approximate surface area is 140 Å². The summed E-state index contributed by atoms with van der Waals surface area (Å²) >= 11 is 4.01. The van der Waals surface area contributed by atoms with Gasteiger partial charge in [-0.2, -0.15) is 12.6 Å². The first-order valence-electron chi connectivity index (χ1n) is 7.09. The molecule has 0 aliphatic carbocycles. The van der Waals surface area contributed by atoms with Gasteiger partial charge < -0.3 is 21.5 Å². The van der Waals surface area contributed by atoms with Gasteiger partial charge in [-0.1, -0.05) is 30.3 Å². The second kappa shape index (κ2) is 9.16. The molecule has 0 saturated heterocycles. The first kappa shape index (κ1) is 19.0. The van der Waals surface area contributed by atoms with E-state index in [0.29, 0.717) is 0 Å². The van der Waals surface area contributed by atoms with Crippen LogP contribution in [0.3, 0.4) is 0 Å². The van der Waals surface area contributed by atoms with Crippen LogP contribution in [0.1, 0.15) is 12.5 Å². The molecule has 5 N–H and O–H groups in total. The lowest BCUT2D eigenvalue weighted by Gasteiger charge is -2.21. The molecule has 1 rings (SSSR count). The van der Waals surface area contributed by atoms with E-state index < -0.39 is 35.9 Å². The number of aliphatic carboxylic acids is 1. The zero-order valence-corrected chi connectivity index (χ0v) is 13.6. The Morgan fingerprint density at radius 2 is 1.70 bits per heavy atom. The first-order valence-corrected chi connectivity index (χ1v) is 7.72. The summed E-state index contributed by atoms with van der Waals surface area (Å²) < 4.78 is 0. The third kappa shape index (κ3) is 6.29. The Balaban J connectivity index is 2.72. The van der Waals surface area contributed by atoms with Crippen molar-refractivity contribution < 1.29 is 19.5 Å². The predicted octanol–water partition coefficient (Wildman–Crippen LogP) is -0.440. The van der Waals surface area contributed by atoms with E-state index in [9.17, 15) is 19.5 Å². The monoisotopic (exact) mass is 339 g/mol. The summed E-state index contributed by atoms with van der Waals surface area (Å²) in [6.07, 6.45) is 0.141. The molecule has 3 unspecified atom stereocenters. The quantitative estimate of drug-likeness (QED) is 0.411. The summed E-state index contributed by atoms with van der Waals surface area (Å²) in [4.78, 5) is 35.1. The third-order valence-corrected chi connectivity index (χ3v) is 3.49. The molecule has 0 radical (unpaired) electrons. The van der Waals surface area contributed by atoms with Gasteiger partial charge in [-0.05, 0) is 12.5 Å². The van der Waals surface area contributed by atoms with Crippen LogP contribution < -0.4 is 16.4 Å². The average molecular weight is 339 g/mol. The van der Waals surface area contributed by atoms with Crippen molar-refractivity contribution in [1.82, 2.24) is 10.6 Å². The van der Waals surface area contributed by atoms with E-state index in [4.69, 9.17) is 5.73 Å². The molecule has 1 aromatic carbocycles. The van der Waals surface area contributed by atoms with Gasteiger partial charge >= 0.3 is 5.97 Å². The first-order chi connectivity index (χ1) is 10.8. The van der Waals surface area contributed by atoms with Crippen molar-refractivity contribution in [1.29, 1.82) is 0 Å². The summed E-state index contributed by atoms with van der Waals surface area (Å²) in [6.45, 7) is 1.48. The number of nitrogens with two attached hydrogens (primary N) is 1. The molecular weight excluding hydrogens is 318 g/mol. The number of carboxylic acids is 1. The third-order valence-electron chi connectivity index (χ3n) is 3.13. The van der Waals surface area contributed by atoms with Gasteiger partial charge in [-0.15, -0.1) is 0 Å². The number of carbonyl (C=O) groups is 3. The van der Waals surface area contributed by atoms with E-state index in [2.05, 4.69) is 23.3 Å². The molecule has 0 spiro atoms. The Morgan fingerprint density at radius 3 is 2.17 bits per heavy atom. The van der Waals surface area contributed by atoms with Crippen molar-refractivity contribution in [2.45, 2.75) is 31.5 Å². The molecule has 1 aromatic rings. The Morgan fingerprint density at radius 1 is 1.13 bits per heavy atom. The maximum atomic E-state index is 12.2. The fourth-order valence-electron chi connectivity index (χ4n) is 1.82. The number of thiol groups is 1. The number of carbonyl (C=O) groups excluding carboxylic acids is 2. The highest BCUT2D eigenvalue weighted by Crippen LogP contribution is 2.04. The van der Waals surface area contributed by atoms with Gasteiger partial charge in [0.05, 0.1) is 6.04 Å². The van der Waals surface area contributed by atoms with Crippen molar-refractivity contribution in [3.8, 4) is 0 Å². The summed E-state index contributed by atoms with van der Waals surface area (Å²) in [6, 6.07) is 6.12. The normalized spacial score (nSPS) is 14.4. The molecule has 0 bridgehead atoms. The highest BCUT2D eigenvalue weighted by atomic mass is 32.1. The molecule has 0 aliphatic heterocycles. The van der Waals surface area contributed by atoms with E-state index in [1.807, 2.05) is 6.07 Å². The van der Waals surface area contributed by atoms with Gasteiger partial charge in [0.25, 0.3) is 0 Å². The van der Waals surface area contributed by atoms with Crippen LogP contribution in [0.2, 0.25) is 0 Å². The maximum Gasteiger partial charge on any atom is 0.326 e. The van der Waals surface area contributed by atoms with Crippen LogP contribution in [0.25, 0.3) is 0 Å². The molecule has 0 heterocycles. The van der Waals surface area contributed by atoms with Gasteiger partial charge in [0.2, 0.25) is 11.8 Å². The lowest BCUT2D eigenvalue weighted by atomic mass is 10.1. The highest BCUT2D eigenvalue weighted by Gasteiger charge is 2.26. The van der Waals surface area contributed by atoms with Crippen molar-refractivity contribution in [2.24, 2.45) is 5.73 Å². The zero-order chi connectivity index (χ0) is 17.4. The van der Waals surface area contributed by atoms with Crippen molar-refractivity contribution >= 4 is 30.4 Å². The van der Waals surface area contributed by atoms with Crippen LogP contribution in [0.15, 0.2) is 30.3 Å². The maximum absolute atomic E-state index is 12.2. The van der Waals surface area contributed by atoms with Gasteiger partial charge in [-0.3, -0.25) is 9.59 Å². The fraction of sp³-hybridized carbons (Fsp3) is 0.400. The molecule has 2 amide bonds. The van der Waals surface area contributed by atoms with Gasteiger partial charge in [-0.25, -0.2) is 4.79 Å². The molecule has 0 aliphatic rings. The minimum absolute atomic E-state index is 0.0297. The molecule has 0 saturated carbocycles. The smallest absolute Gasteiger partial charge is 0.326 e. The second-order valence-electron chi connectivity index (χ2n) is 5.12. The lowest BCUT2D eigenvalue weighted by Crippen LogP contribution is -2.55. The molecule has 7 nitrogen and oxygen atoms in total. The van der Waals surface area contributed by atoms with Crippen LogP contribution in [0.4, 0.5) is 0 Å². The molecular formula is C15H21N3O4S. The highest BCUT2D eigenvalue weighted by molar-refractivity contribution is 7.80. The lowest BCUT2D eigenvalue weighted by molar-refractivity contribution is -0.142. The molecule has 0 fully saturated rings. The summed E-state index contributed by atoms with van der Waals surface area (Å²) in [5.41, 5.74) is 6.21. The molecule has 23 heavy (non-hydrogen) atoms. The van der Waals surface area contributed by atoms with Gasteiger partial charge in [0.15, 0.2) is 0 Å². The molecule has 8 heteroatoms. The summed E-state index contributed by atoms with van der Waals surface area (Å²) in [5, 5.41) is 14.1. The number of amides is 2. The van der Waals surface area contributed by atoms with E-state index in [-0.39, 0.29) is 12.2 Å². The number of rotatable bonds is 8. The molecule has 0 aromatic heterocycles. The SMILES string of the molecule is CC(N)C(=O)NC(CS)C(=O)NC(Cc1ccccc1)C(=O)O. The topological polar surface area (TPSA) is 122 Å². The van der Waals surface area contributed by atoms with Crippen molar-refractivity contribution in [3.63, 3.8) is 0 Å². The van der Waals surface area contributed by atoms with E-state index in [1.54, 1.807) is 24.3 Å². The minimum Gasteiger partial charge on any atom is -0.480 e. The summed E-state index contributed by atoms with van der Waals surface area (Å²) in [7, 11) is 0. The van der Waals surface area contributed by atoms with Crippen molar-refractivity contribution in [2.75, 3.05) is 5.75 Å². The number of nitrogens with one attached hydrogen (secondary N) is 2. The average Bonchev–Trinajstić information content (AvgIpc) is 2.52. The summed E-state index contributed by atoms with van der Waals surface area (Å²) in [5.74, 6) is -2.24. The van der Waals surface area contributed by atoms with Crippen LogP contribution in [-0.2, 0) is 20.8 Å². The van der Waals surface area contributed by atoms with Crippen LogP contribution in [0.5, 0.6) is 0 Å². The second-order valence-corrected chi connectivity index (χ2v) is 5.49. The van der Waals surface area contributed by atoms with Crippen LogP contribution in [0, 0.1) is 0 Å². The van der Waals surface area contributed by atoms with Gasteiger partial charge in [0.1, 0.15) is 12.1 Å². The molecule has 126 valence electrons. The van der Waals surface area contributed by atoms with E-state index in [1.165, 1.54) is 6.92 Å². The number of benzene rings is 1. The Hall–Kier alpha value is -2.06. The number of hydrogen-bond donors (Lipinski definition) is 5. The van der Waals surface area contributed by atoms with E-state index >= 15 is 0 Å². The fourth-order valence-corrected chi connectivity index (χ4v) is 2.08. The standard InChI is InChI=1S/C15H21N3O4S/c1-9(16)13(19)18-12(8-23)14(20)17-11(15(21)22)7-10-5-3-2-4-6-10/h2-6,9,11-12,23H,7-8,16H2,1H3,(H,17,20)(H,18,19)(H,21,22). The van der Waals surface area contributed by atoms with Gasteiger partial charge in [0, 0.05) is 12.2 Å². The Kier molecular flexibility index (Phi) is 7.56.